The van der Waals surface area contributed by atoms with E-state index in [-0.39, 0.29) is 18.2 Å². The van der Waals surface area contributed by atoms with Gasteiger partial charge in [-0.1, -0.05) is 51.2 Å². The fourth-order valence-corrected chi connectivity index (χ4v) is 3.00. The number of allylic oxidation sites excluding steroid dienone is 2. The summed E-state index contributed by atoms with van der Waals surface area (Å²) >= 11 is 3.66. The molecule has 0 aromatic carbocycles. The first-order chi connectivity index (χ1) is 8.41. The largest absolute Gasteiger partial charge is 0.468 e. The first-order valence-corrected chi connectivity index (χ1v) is 12.1. The molecule has 0 aliphatic heterocycles. The molecule has 0 N–H and O–H groups in total. The molecule has 0 aliphatic rings. The van der Waals surface area contributed by atoms with Crippen molar-refractivity contribution in [3.05, 3.63) is 12.2 Å². The van der Waals surface area contributed by atoms with Gasteiger partial charge in [-0.05, 0) is 19.3 Å². The van der Waals surface area contributed by atoms with E-state index in [4.69, 9.17) is 4.74 Å². The number of hydrogen-bond donors (Lipinski definition) is 0. The van der Waals surface area contributed by atoms with E-state index in [0.29, 0.717) is 0 Å². The monoisotopic (exact) mass is 314 g/mol. The van der Waals surface area contributed by atoms with Crippen LogP contribution >= 0.6 is 12.9 Å². The Morgan fingerprint density at radius 2 is 1.65 bits per heavy atom. The average molecular weight is 316 g/mol. The van der Waals surface area contributed by atoms with Crippen LogP contribution in [0.5, 0.6) is 0 Å². The van der Waals surface area contributed by atoms with Gasteiger partial charge >= 0.3 is 18.2 Å². The zero-order chi connectivity index (χ0) is 12.6. The molecule has 0 aliphatic carbocycles. The van der Waals surface area contributed by atoms with Crippen molar-refractivity contribution in [2.24, 2.45) is 0 Å². The van der Waals surface area contributed by atoms with E-state index in [1.54, 1.807) is 0 Å². The average Bonchev–Trinajstić information content (AvgIpc) is 2.35. The second kappa shape index (κ2) is 16.9. The molecule has 0 unspecified atom stereocenters. The van der Waals surface area contributed by atoms with Crippen LogP contribution < -0.4 is 0 Å². The fraction of sp³-hybridized carbons (Fsp3) is 0.857. The summed E-state index contributed by atoms with van der Waals surface area (Å²) in [4.78, 5) is 0. The molecule has 0 rings (SSSR count). The van der Waals surface area contributed by atoms with Crippen molar-refractivity contribution < 1.29 is 4.74 Å². The second-order valence-electron chi connectivity index (χ2n) is 4.47. The number of halogens is 1. The summed E-state index contributed by atoms with van der Waals surface area (Å²) in [6, 6.07) is 0. The number of ether oxygens (including phenoxy) is 1. The molecule has 17 heavy (non-hydrogen) atoms. The first-order valence-electron chi connectivity index (χ1n) is 7.20. The SMILES string of the molecule is CCCCCCCOCCC/C=C/C[CH2][Mg][Br]. The van der Waals surface area contributed by atoms with E-state index in [1.165, 1.54) is 55.9 Å². The quantitative estimate of drug-likeness (QED) is 0.260. The number of hydrogen-bond acceptors (Lipinski definition) is 1. The van der Waals surface area contributed by atoms with Crippen molar-refractivity contribution in [3.63, 3.8) is 0 Å². The van der Waals surface area contributed by atoms with Crippen molar-refractivity contribution in [1.29, 1.82) is 0 Å². The van der Waals surface area contributed by atoms with Crippen LogP contribution in [0.25, 0.3) is 0 Å². The maximum Gasteiger partial charge on any atom is 0.468 e. The summed E-state index contributed by atoms with van der Waals surface area (Å²) in [6.45, 7) is 4.15. The van der Waals surface area contributed by atoms with Gasteiger partial charge in [0.25, 0.3) is 0 Å². The van der Waals surface area contributed by atoms with Gasteiger partial charge in [-0.15, -0.1) is 4.55 Å². The highest BCUT2D eigenvalue weighted by Gasteiger charge is 1.90. The van der Waals surface area contributed by atoms with Crippen LogP contribution in [0.1, 0.15) is 58.3 Å². The van der Waals surface area contributed by atoms with Crippen molar-refractivity contribution >= 4 is 31.1 Å². The number of rotatable bonds is 13. The van der Waals surface area contributed by atoms with E-state index < -0.39 is 0 Å². The molecule has 98 valence electrons. The summed E-state index contributed by atoms with van der Waals surface area (Å²) in [5.74, 6) is 0. The molecule has 0 heterocycles. The van der Waals surface area contributed by atoms with Crippen LogP contribution in [0.15, 0.2) is 12.2 Å². The molecule has 0 bridgehead atoms. The Morgan fingerprint density at radius 3 is 2.41 bits per heavy atom. The lowest BCUT2D eigenvalue weighted by molar-refractivity contribution is 0.128. The lowest BCUT2D eigenvalue weighted by atomic mass is 10.2. The molecule has 0 spiro atoms. The van der Waals surface area contributed by atoms with E-state index in [0.717, 1.165) is 13.2 Å². The third kappa shape index (κ3) is 16.9. The summed E-state index contributed by atoms with van der Waals surface area (Å²) in [7, 11) is 0. The predicted molar refractivity (Wildman–Crippen MR) is 82.1 cm³/mol. The molecule has 0 aromatic rings. The minimum absolute atomic E-state index is 0.0905. The third-order valence-corrected chi connectivity index (χ3v) is 5.08. The molecular formula is C14H27BrMgO. The van der Waals surface area contributed by atoms with Gasteiger partial charge in [0.2, 0.25) is 0 Å². The second-order valence-corrected chi connectivity index (χ2v) is 7.94. The Labute approximate surface area is 123 Å². The van der Waals surface area contributed by atoms with E-state index in [9.17, 15) is 0 Å². The molecule has 0 saturated heterocycles. The van der Waals surface area contributed by atoms with E-state index >= 15 is 0 Å². The lowest BCUT2D eigenvalue weighted by Gasteiger charge is -2.02. The van der Waals surface area contributed by atoms with Crippen molar-refractivity contribution in [1.82, 2.24) is 0 Å². The molecule has 0 aromatic heterocycles. The van der Waals surface area contributed by atoms with Crippen LogP contribution in [0.3, 0.4) is 0 Å². The van der Waals surface area contributed by atoms with Gasteiger partial charge in [-0.25, -0.2) is 0 Å². The normalized spacial score (nSPS) is 10.9. The Kier molecular flexibility index (Phi) is 17.9. The smallest absolute Gasteiger partial charge is 0.381 e. The zero-order valence-electron chi connectivity index (χ0n) is 11.4. The topological polar surface area (TPSA) is 9.23 Å². The Balaban J connectivity index is 2.96. The Hall–Kier alpha value is 0.946. The van der Waals surface area contributed by atoms with Crippen LogP contribution in [-0.4, -0.2) is 31.4 Å². The Bertz CT molecular complexity index is 162. The van der Waals surface area contributed by atoms with Crippen molar-refractivity contribution in [2.75, 3.05) is 13.2 Å². The minimum atomic E-state index is 0.0905. The molecule has 0 saturated carbocycles. The summed E-state index contributed by atoms with van der Waals surface area (Å²) in [6.07, 6.45) is 14.9. The fourth-order valence-electron chi connectivity index (χ4n) is 1.64. The molecule has 1 nitrogen and oxygen atoms in total. The van der Waals surface area contributed by atoms with Crippen LogP contribution in [0.2, 0.25) is 4.55 Å². The molecular weight excluding hydrogens is 288 g/mol. The highest BCUT2D eigenvalue weighted by atomic mass is 79.9. The van der Waals surface area contributed by atoms with E-state index in [2.05, 4.69) is 32.0 Å². The van der Waals surface area contributed by atoms with Gasteiger partial charge in [-0.3, -0.25) is 0 Å². The van der Waals surface area contributed by atoms with Crippen molar-refractivity contribution in [2.45, 2.75) is 62.8 Å². The predicted octanol–water partition coefficient (Wildman–Crippen LogP) is 5.13. The van der Waals surface area contributed by atoms with Gasteiger partial charge in [0, 0.05) is 13.2 Å². The van der Waals surface area contributed by atoms with Gasteiger partial charge in [-0.2, -0.15) is 0 Å². The highest BCUT2D eigenvalue weighted by molar-refractivity contribution is 9.23. The van der Waals surface area contributed by atoms with Crippen LogP contribution in [0, 0.1) is 0 Å². The Morgan fingerprint density at radius 1 is 0.941 bits per heavy atom. The first kappa shape index (κ1) is 17.9. The maximum absolute atomic E-state index is 5.61. The lowest BCUT2D eigenvalue weighted by Crippen LogP contribution is -1.96. The zero-order valence-corrected chi connectivity index (χ0v) is 14.4. The molecule has 0 atom stereocenters. The summed E-state index contributed by atoms with van der Waals surface area (Å²) in [5, 5.41) is 0. The van der Waals surface area contributed by atoms with Crippen LogP contribution in [-0.2, 0) is 4.74 Å². The number of unbranched alkanes of at least 4 members (excludes halogenated alkanes) is 5. The summed E-state index contributed by atoms with van der Waals surface area (Å²) < 4.78 is 6.99. The van der Waals surface area contributed by atoms with Gasteiger partial charge in [0.15, 0.2) is 0 Å². The standard InChI is InChI=1S/C14H27O.BrH.Mg/c1-3-5-7-9-11-13-15-14-12-10-8-6-4-2;;/h5,7H,1,3-4,6,8-14H2,2H3;1H;/q;;+1/p-1/b7-5+;;. The molecule has 0 radical (unpaired) electrons. The molecule has 0 amide bonds. The van der Waals surface area contributed by atoms with E-state index in [1.807, 2.05) is 0 Å². The van der Waals surface area contributed by atoms with Gasteiger partial charge < -0.3 is 17.6 Å². The maximum atomic E-state index is 5.61. The van der Waals surface area contributed by atoms with Gasteiger partial charge in [0.05, 0.1) is 0 Å². The molecule has 3 heteroatoms. The van der Waals surface area contributed by atoms with Crippen molar-refractivity contribution in [3.8, 4) is 0 Å². The highest BCUT2D eigenvalue weighted by Crippen LogP contribution is 2.03. The van der Waals surface area contributed by atoms with Gasteiger partial charge in [0.1, 0.15) is 0 Å². The summed E-state index contributed by atoms with van der Waals surface area (Å²) in [5.41, 5.74) is 0. The minimum Gasteiger partial charge on any atom is -0.381 e. The third-order valence-electron chi connectivity index (χ3n) is 2.72. The van der Waals surface area contributed by atoms with Crippen LogP contribution in [0.4, 0.5) is 0 Å². The molecule has 0 fully saturated rings.